The second-order valence-electron chi connectivity index (χ2n) is 5.99. The highest BCUT2D eigenvalue weighted by atomic mass is 16.6. The van der Waals surface area contributed by atoms with E-state index >= 15 is 0 Å². The summed E-state index contributed by atoms with van der Waals surface area (Å²) in [6, 6.07) is 13.3. The summed E-state index contributed by atoms with van der Waals surface area (Å²) in [7, 11) is 0. The van der Waals surface area contributed by atoms with Gasteiger partial charge in [0.2, 0.25) is 0 Å². The molecule has 0 amide bonds. The van der Waals surface area contributed by atoms with Gasteiger partial charge in [-0.1, -0.05) is 6.58 Å². The highest BCUT2D eigenvalue weighted by molar-refractivity contribution is 5.86. The maximum Gasteiger partial charge on any atom is 0.333 e. The van der Waals surface area contributed by atoms with E-state index in [2.05, 4.69) is 21.7 Å². The zero-order valence-corrected chi connectivity index (χ0v) is 15.9. The number of non-ortho nitro benzene ring substituents is 1. The molecule has 0 heterocycles. The number of ether oxygens (including phenoxy) is 1. The van der Waals surface area contributed by atoms with Crippen molar-refractivity contribution in [1.82, 2.24) is 0 Å². The molecule has 0 aliphatic heterocycles. The van der Waals surface area contributed by atoms with Crippen LogP contribution in [0.4, 0.5) is 22.7 Å². The zero-order valence-electron chi connectivity index (χ0n) is 15.9. The van der Waals surface area contributed by atoms with E-state index < -0.39 is 10.9 Å². The van der Waals surface area contributed by atoms with Crippen LogP contribution in [0.1, 0.15) is 13.8 Å². The number of esters is 1. The summed E-state index contributed by atoms with van der Waals surface area (Å²) in [5, 5.41) is 18.9. The van der Waals surface area contributed by atoms with Gasteiger partial charge in [0.1, 0.15) is 6.61 Å². The third kappa shape index (κ3) is 6.01. The molecular formula is C20H22N4O4. The summed E-state index contributed by atoms with van der Waals surface area (Å²) >= 11 is 0. The van der Waals surface area contributed by atoms with E-state index in [1.807, 2.05) is 31.2 Å². The molecule has 0 aliphatic rings. The molecule has 8 heteroatoms. The van der Waals surface area contributed by atoms with E-state index in [0.29, 0.717) is 23.5 Å². The van der Waals surface area contributed by atoms with Gasteiger partial charge in [-0.2, -0.15) is 10.2 Å². The fraction of sp³-hybridized carbons (Fsp3) is 0.250. The third-order valence-electron chi connectivity index (χ3n) is 3.88. The van der Waals surface area contributed by atoms with Gasteiger partial charge in [0.15, 0.2) is 0 Å². The molecule has 0 N–H and O–H groups in total. The molecule has 0 saturated carbocycles. The Morgan fingerprint density at radius 3 is 2.11 bits per heavy atom. The van der Waals surface area contributed by atoms with Gasteiger partial charge in [0, 0.05) is 29.9 Å². The van der Waals surface area contributed by atoms with Crippen LogP contribution in [0.5, 0.6) is 0 Å². The van der Waals surface area contributed by atoms with Gasteiger partial charge in [-0.25, -0.2) is 4.79 Å². The summed E-state index contributed by atoms with van der Waals surface area (Å²) in [5.74, 6) is -0.391. The number of nitro benzene ring substituents is 1. The average molecular weight is 382 g/mol. The van der Waals surface area contributed by atoms with E-state index in [4.69, 9.17) is 4.74 Å². The van der Waals surface area contributed by atoms with Crippen LogP contribution in [-0.2, 0) is 9.53 Å². The monoisotopic (exact) mass is 382 g/mol. The average Bonchev–Trinajstić information content (AvgIpc) is 2.70. The summed E-state index contributed by atoms with van der Waals surface area (Å²) in [6.07, 6.45) is 0. The van der Waals surface area contributed by atoms with Crippen LogP contribution >= 0.6 is 0 Å². The van der Waals surface area contributed by atoms with Crippen LogP contribution in [0.2, 0.25) is 0 Å². The van der Waals surface area contributed by atoms with Crippen molar-refractivity contribution in [2.75, 3.05) is 24.6 Å². The molecule has 0 atom stereocenters. The molecule has 0 unspecified atom stereocenters. The molecule has 0 spiro atoms. The van der Waals surface area contributed by atoms with Crippen LogP contribution in [0.25, 0.3) is 0 Å². The Bertz CT molecular complexity index is 861. The number of rotatable bonds is 9. The lowest BCUT2D eigenvalue weighted by atomic mass is 10.2. The van der Waals surface area contributed by atoms with E-state index in [9.17, 15) is 14.9 Å². The number of nitrogens with zero attached hydrogens (tertiary/aromatic N) is 4. The summed E-state index contributed by atoms with van der Waals surface area (Å²) in [6.45, 7) is 8.79. The Labute approximate surface area is 163 Å². The lowest BCUT2D eigenvalue weighted by molar-refractivity contribution is -0.384. The Balaban J connectivity index is 1.96. The smallest absolute Gasteiger partial charge is 0.333 e. The summed E-state index contributed by atoms with van der Waals surface area (Å²) in [5.41, 5.74) is 2.56. The molecule has 2 aromatic carbocycles. The van der Waals surface area contributed by atoms with Crippen LogP contribution in [0.3, 0.4) is 0 Å². The van der Waals surface area contributed by atoms with Crippen LogP contribution < -0.4 is 4.90 Å². The third-order valence-corrected chi connectivity index (χ3v) is 3.88. The zero-order chi connectivity index (χ0) is 20.5. The Hall–Kier alpha value is -3.55. The van der Waals surface area contributed by atoms with Gasteiger partial charge in [-0.3, -0.25) is 10.1 Å². The maximum atomic E-state index is 11.4. The van der Waals surface area contributed by atoms with Crippen molar-refractivity contribution in [2.45, 2.75) is 13.8 Å². The van der Waals surface area contributed by atoms with Crippen LogP contribution in [0, 0.1) is 10.1 Å². The molecule has 0 aromatic heterocycles. The maximum absolute atomic E-state index is 11.4. The molecule has 2 rings (SSSR count). The lowest BCUT2D eigenvalue weighted by Crippen LogP contribution is -2.28. The fourth-order valence-corrected chi connectivity index (χ4v) is 2.33. The number of likely N-dealkylation sites (N-methyl/N-ethyl adjacent to an activating group) is 1. The number of hydrogen-bond acceptors (Lipinski definition) is 7. The molecular weight excluding hydrogens is 360 g/mol. The number of anilines is 1. The van der Waals surface area contributed by atoms with Gasteiger partial charge >= 0.3 is 5.97 Å². The fourth-order valence-electron chi connectivity index (χ4n) is 2.33. The van der Waals surface area contributed by atoms with Crippen molar-refractivity contribution >= 4 is 28.7 Å². The van der Waals surface area contributed by atoms with Gasteiger partial charge < -0.3 is 9.64 Å². The minimum Gasteiger partial charge on any atom is -0.460 e. The van der Waals surface area contributed by atoms with Crippen molar-refractivity contribution in [3.05, 3.63) is 70.8 Å². The Morgan fingerprint density at radius 1 is 1.11 bits per heavy atom. The first-order valence-corrected chi connectivity index (χ1v) is 8.74. The van der Waals surface area contributed by atoms with Crippen LogP contribution in [0.15, 0.2) is 70.9 Å². The molecule has 0 bridgehead atoms. The van der Waals surface area contributed by atoms with E-state index in [1.165, 1.54) is 12.1 Å². The lowest BCUT2D eigenvalue weighted by Gasteiger charge is -2.22. The SMILES string of the molecule is C=C(C)C(=O)OCCN(CC)c1ccc(N=Nc2ccc([N+](=O)[O-])cc2)cc1. The topological polar surface area (TPSA) is 97.4 Å². The molecule has 0 fully saturated rings. The van der Waals surface area contributed by atoms with Gasteiger partial charge in [-0.05, 0) is 50.2 Å². The van der Waals surface area contributed by atoms with Crippen molar-refractivity contribution in [3.8, 4) is 0 Å². The first-order valence-electron chi connectivity index (χ1n) is 8.74. The first-order chi connectivity index (χ1) is 13.4. The standard InChI is InChI=1S/C20H22N4O4/c1-4-23(13-14-28-20(25)15(2)3)18-9-5-16(6-10-18)21-22-17-7-11-19(12-8-17)24(26)27/h5-12H,2,4,13-14H2,1,3H3. The van der Waals surface area contributed by atoms with Gasteiger partial charge in [0.25, 0.3) is 5.69 Å². The van der Waals surface area contributed by atoms with Crippen molar-refractivity contribution in [3.63, 3.8) is 0 Å². The van der Waals surface area contributed by atoms with E-state index in [1.54, 1.807) is 19.1 Å². The van der Waals surface area contributed by atoms with Crippen molar-refractivity contribution in [2.24, 2.45) is 10.2 Å². The first kappa shape index (κ1) is 20.8. The number of carbonyl (C=O) groups excluding carboxylic acids is 1. The van der Waals surface area contributed by atoms with E-state index in [-0.39, 0.29) is 12.3 Å². The predicted octanol–water partition coefficient (Wildman–Crippen LogP) is 4.96. The second kappa shape index (κ2) is 9.96. The van der Waals surface area contributed by atoms with Crippen molar-refractivity contribution < 1.29 is 14.5 Å². The predicted molar refractivity (Wildman–Crippen MR) is 107 cm³/mol. The number of carbonyl (C=O) groups is 1. The number of nitro groups is 1. The largest absolute Gasteiger partial charge is 0.460 e. The molecule has 2 aromatic rings. The van der Waals surface area contributed by atoms with Crippen molar-refractivity contribution in [1.29, 1.82) is 0 Å². The summed E-state index contributed by atoms with van der Waals surface area (Å²) in [4.78, 5) is 23.7. The summed E-state index contributed by atoms with van der Waals surface area (Å²) < 4.78 is 5.14. The number of azo groups is 1. The highest BCUT2D eigenvalue weighted by Crippen LogP contribution is 2.23. The van der Waals surface area contributed by atoms with Gasteiger partial charge in [-0.15, -0.1) is 0 Å². The second-order valence-corrected chi connectivity index (χ2v) is 5.99. The van der Waals surface area contributed by atoms with Crippen LogP contribution in [-0.4, -0.2) is 30.6 Å². The highest BCUT2D eigenvalue weighted by Gasteiger charge is 2.07. The Kier molecular flexibility index (Phi) is 7.38. The quantitative estimate of drug-likeness (QED) is 0.201. The van der Waals surface area contributed by atoms with E-state index in [0.717, 1.165) is 12.2 Å². The molecule has 0 aliphatic carbocycles. The molecule has 8 nitrogen and oxygen atoms in total. The molecule has 28 heavy (non-hydrogen) atoms. The molecule has 0 saturated heterocycles. The minimum absolute atomic E-state index is 0.0110. The molecule has 146 valence electrons. The minimum atomic E-state index is -0.460. The van der Waals surface area contributed by atoms with Gasteiger partial charge in [0.05, 0.1) is 22.8 Å². The molecule has 0 radical (unpaired) electrons. The Morgan fingerprint density at radius 2 is 1.64 bits per heavy atom. The number of benzene rings is 2. The normalized spacial score (nSPS) is 10.6. The number of hydrogen-bond donors (Lipinski definition) is 0.